The van der Waals surface area contributed by atoms with Crippen molar-refractivity contribution in [3.05, 3.63) is 30.1 Å². The molecule has 0 aliphatic rings. The number of hydrogen-bond acceptors (Lipinski definition) is 0. The van der Waals surface area contributed by atoms with Crippen molar-refractivity contribution in [3.63, 3.8) is 0 Å². The summed E-state index contributed by atoms with van der Waals surface area (Å²) in [6, 6.07) is 6.85. The van der Waals surface area contributed by atoms with Crippen LogP contribution in [-0.4, -0.2) is 10.2 Å². The molecule has 8 heavy (non-hydrogen) atoms. The van der Waals surface area contributed by atoms with Gasteiger partial charge < -0.3 is 0 Å². The third-order valence-electron chi connectivity index (χ3n) is 1.08. The zero-order valence-electron chi connectivity index (χ0n) is 4.69. The lowest BCUT2D eigenvalue weighted by Crippen LogP contribution is -2.05. The molecule has 0 fully saturated rings. The van der Waals surface area contributed by atoms with Crippen LogP contribution in [0.4, 0.5) is 4.39 Å². The molecule has 0 aromatic heterocycles. The van der Waals surface area contributed by atoms with Gasteiger partial charge in [0, 0.05) is 10.2 Å². The van der Waals surface area contributed by atoms with Crippen molar-refractivity contribution in [2.45, 2.75) is 0 Å². The van der Waals surface area contributed by atoms with Crippen LogP contribution in [0.15, 0.2) is 24.3 Å². The van der Waals surface area contributed by atoms with Crippen molar-refractivity contribution in [1.29, 1.82) is 0 Å². The second-order valence-corrected chi connectivity index (χ2v) is 2.83. The van der Waals surface area contributed by atoms with Gasteiger partial charge >= 0.3 is 0 Å². The molecule has 0 aliphatic heterocycles. The Hall–Kier alpha value is -0.633. The molecule has 0 N–H and O–H groups in total. The van der Waals surface area contributed by atoms with E-state index in [0.717, 1.165) is 15.4 Å². The van der Waals surface area contributed by atoms with Crippen molar-refractivity contribution in [2.75, 3.05) is 0 Å². The van der Waals surface area contributed by atoms with Crippen LogP contribution in [0, 0.1) is 5.82 Å². The molecule has 1 rings (SSSR count). The average molecular weight is 126 g/mol. The topological polar surface area (TPSA) is 0 Å². The van der Waals surface area contributed by atoms with Crippen LogP contribution in [0.2, 0.25) is 0 Å². The van der Waals surface area contributed by atoms with Crippen LogP contribution in [0.5, 0.6) is 0 Å². The smallest absolute Gasteiger partial charge is 0.121 e. The minimum atomic E-state index is -0.0702. The van der Waals surface area contributed by atoms with Crippen molar-refractivity contribution in [3.8, 4) is 0 Å². The van der Waals surface area contributed by atoms with Gasteiger partial charge in [-0.1, -0.05) is 18.2 Å². The largest absolute Gasteiger partial charge is 0.207 e. The van der Waals surface area contributed by atoms with Crippen LogP contribution < -0.4 is 5.19 Å². The van der Waals surface area contributed by atoms with Gasteiger partial charge in [0.15, 0.2) is 0 Å². The maximum Gasteiger partial charge on any atom is 0.121 e. The van der Waals surface area contributed by atoms with Crippen LogP contribution in [0.25, 0.3) is 0 Å². The van der Waals surface area contributed by atoms with E-state index in [-0.39, 0.29) is 5.82 Å². The lowest BCUT2D eigenvalue weighted by atomic mass is 10.3. The molecule has 0 saturated heterocycles. The van der Waals surface area contributed by atoms with E-state index in [1.54, 1.807) is 6.07 Å². The highest BCUT2D eigenvalue weighted by Crippen LogP contribution is 1.88. The highest BCUT2D eigenvalue weighted by molar-refractivity contribution is 6.32. The van der Waals surface area contributed by atoms with Gasteiger partial charge in [0.1, 0.15) is 5.82 Å². The number of hydrogen-bond donors (Lipinski definition) is 0. The molecule has 0 unspecified atom stereocenters. The third-order valence-corrected chi connectivity index (χ3v) is 1.89. The second kappa shape index (κ2) is 2.09. The van der Waals surface area contributed by atoms with Crippen LogP contribution in [-0.2, 0) is 0 Å². The molecule has 2 heteroatoms. The van der Waals surface area contributed by atoms with Gasteiger partial charge in [-0.2, -0.15) is 0 Å². The Morgan fingerprint density at radius 3 is 2.25 bits per heavy atom. The van der Waals surface area contributed by atoms with Gasteiger partial charge in [-0.25, -0.2) is 4.39 Å². The Bertz CT molecular complexity index is 165. The van der Waals surface area contributed by atoms with E-state index in [1.165, 1.54) is 6.07 Å². The molecule has 0 aliphatic carbocycles. The fourth-order valence-corrected chi connectivity index (χ4v) is 0.910. The van der Waals surface area contributed by atoms with E-state index in [4.69, 9.17) is 0 Å². The molecular weight excluding hydrogens is 119 g/mol. The summed E-state index contributed by atoms with van der Waals surface area (Å²) in [6.07, 6.45) is 0. The molecule has 0 amide bonds. The van der Waals surface area contributed by atoms with Gasteiger partial charge in [0.25, 0.3) is 0 Å². The average Bonchev–Trinajstić information content (AvgIpc) is 1.77. The van der Waals surface area contributed by atoms with E-state index in [9.17, 15) is 4.39 Å². The Morgan fingerprint density at radius 1 is 1.25 bits per heavy atom. The highest BCUT2D eigenvalue weighted by atomic mass is 28.1. The summed E-state index contributed by atoms with van der Waals surface area (Å²) in [4.78, 5) is 0. The number of halogens is 1. The Labute approximate surface area is 50.8 Å². The van der Waals surface area contributed by atoms with Crippen molar-refractivity contribution >= 4 is 15.4 Å². The summed E-state index contributed by atoms with van der Waals surface area (Å²) in [7, 11) is 0.801. The first-order valence-electron chi connectivity index (χ1n) is 2.52. The van der Waals surface area contributed by atoms with Gasteiger partial charge in [0.2, 0.25) is 0 Å². The fraction of sp³-hybridized carbons (Fsp3) is 0. The van der Waals surface area contributed by atoms with E-state index in [0.29, 0.717) is 0 Å². The molecule has 1 aromatic carbocycles. The number of rotatable bonds is 0. The summed E-state index contributed by atoms with van der Waals surface area (Å²) in [5, 5.41) is 0.840. The van der Waals surface area contributed by atoms with E-state index in [2.05, 4.69) is 0 Å². The normalized spacial score (nSPS) is 9.62. The van der Waals surface area contributed by atoms with Crippen LogP contribution in [0.3, 0.4) is 0 Å². The van der Waals surface area contributed by atoms with Gasteiger partial charge in [-0.15, -0.1) is 0 Å². The minimum absolute atomic E-state index is 0.0702. The molecule has 0 saturated carbocycles. The summed E-state index contributed by atoms with van der Waals surface area (Å²) in [5.74, 6) is -0.0702. The molecule has 42 valence electrons. The fourth-order valence-electron chi connectivity index (χ4n) is 0.551. The lowest BCUT2D eigenvalue weighted by molar-refractivity contribution is 0.636. The van der Waals surface area contributed by atoms with Crippen LogP contribution >= 0.6 is 0 Å². The third kappa shape index (κ3) is 0.952. The standard InChI is InChI=1S/C6H7FSi/c7-5-3-1-2-4-6(5)8/h1-4H,8H3. The quantitative estimate of drug-likeness (QED) is 0.423. The SMILES string of the molecule is Fc1ccccc1[SiH3]. The first-order chi connectivity index (χ1) is 3.80. The number of benzene rings is 1. The van der Waals surface area contributed by atoms with Crippen LogP contribution in [0.1, 0.15) is 0 Å². The summed E-state index contributed by atoms with van der Waals surface area (Å²) < 4.78 is 12.4. The first kappa shape index (κ1) is 5.50. The highest BCUT2D eigenvalue weighted by Gasteiger charge is 1.88. The summed E-state index contributed by atoms with van der Waals surface area (Å²) >= 11 is 0. The predicted octanol–water partition coefficient (Wildman–Crippen LogP) is -0.184. The van der Waals surface area contributed by atoms with E-state index in [1.807, 2.05) is 12.1 Å². The van der Waals surface area contributed by atoms with Crippen molar-refractivity contribution < 1.29 is 4.39 Å². The first-order valence-corrected chi connectivity index (χ1v) is 3.52. The Kier molecular flexibility index (Phi) is 1.44. The Morgan fingerprint density at radius 2 is 1.88 bits per heavy atom. The van der Waals surface area contributed by atoms with E-state index >= 15 is 0 Å². The molecule has 0 spiro atoms. The molecule has 0 bridgehead atoms. The minimum Gasteiger partial charge on any atom is -0.207 e. The van der Waals surface area contributed by atoms with Gasteiger partial charge in [0.05, 0.1) is 0 Å². The molecule has 1 aromatic rings. The van der Waals surface area contributed by atoms with E-state index < -0.39 is 0 Å². The molecule has 0 heterocycles. The zero-order chi connectivity index (χ0) is 5.98. The molecule has 0 nitrogen and oxygen atoms in total. The monoisotopic (exact) mass is 126 g/mol. The maximum absolute atomic E-state index is 12.4. The molecule has 0 radical (unpaired) electrons. The Balaban J connectivity index is 3.13. The summed E-state index contributed by atoms with van der Waals surface area (Å²) in [5.41, 5.74) is 0. The zero-order valence-corrected chi connectivity index (χ0v) is 6.69. The lowest BCUT2D eigenvalue weighted by Gasteiger charge is -1.89. The van der Waals surface area contributed by atoms with Gasteiger partial charge in [-0.05, 0) is 11.3 Å². The maximum atomic E-state index is 12.4. The van der Waals surface area contributed by atoms with Gasteiger partial charge in [-0.3, -0.25) is 0 Å². The summed E-state index contributed by atoms with van der Waals surface area (Å²) in [6.45, 7) is 0. The predicted molar refractivity (Wildman–Crippen MR) is 36.0 cm³/mol. The molecule has 0 atom stereocenters. The van der Waals surface area contributed by atoms with Crippen molar-refractivity contribution in [1.82, 2.24) is 0 Å². The van der Waals surface area contributed by atoms with Crippen molar-refractivity contribution in [2.24, 2.45) is 0 Å². The molecular formula is C6H7FSi. The second-order valence-electron chi connectivity index (χ2n) is 1.75.